The van der Waals surface area contributed by atoms with E-state index in [1.54, 1.807) is 7.11 Å². The summed E-state index contributed by atoms with van der Waals surface area (Å²) in [6.45, 7) is 4.04. The van der Waals surface area contributed by atoms with Crippen LogP contribution in [0, 0.1) is 13.8 Å². The molecule has 1 aromatic rings. The summed E-state index contributed by atoms with van der Waals surface area (Å²) < 4.78 is 5.25. The molecular weight excluding hydrogens is 230 g/mol. The number of rotatable bonds is 2. The Kier molecular flexibility index (Phi) is 3.33. The van der Waals surface area contributed by atoms with Crippen molar-refractivity contribution >= 4 is 15.9 Å². The number of ether oxygens (including phenoxy) is 1. The zero-order valence-electron chi connectivity index (χ0n) is 8.10. The zero-order chi connectivity index (χ0) is 10.0. The largest absolute Gasteiger partial charge is 0.496 e. The highest BCUT2D eigenvalue weighted by Crippen LogP contribution is 2.28. The maximum absolute atomic E-state index is 5.72. The molecule has 0 heterocycles. The summed E-state index contributed by atoms with van der Waals surface area (Å²) >= 11 is 3.33. The van der Waals surface area contributed by atoms with Gasteiger partial charge in [-0.3, -0.25) is 0 Å². The Morgan fingerprint density at radius 3 is 2.08 bits per heavy atom. The van der Waals surface area contributed by atoms with Gasteiger partial charge in [0.1, 0.15) is 5.75 Å². The van der Waals surface area contributed by atoms with Gasteiger partial charge in [-0.15, -0.1) is 0 Å². The minimum Gasteiger partial charge on any atom is -0.496 e. The van der Waals surface area contributed by atoms with Crippen molar-refractivity contribution < 1.29 is 4.74 Å². The first-order valence-corrected chi connectivity index (χ1v) is 5.02. The number of hydrogen-bond donors (Lipinski definition) is 1. The van der Waals surface area contributed by atoms with Crippen LogP contribution in [0.2, 0.25) is 0 Å². The zero-order valence-corrected chi connectivity index (χ0v) is 9.68. The normalized spacial score (nSPS) is 12.7. The molecule has 1 aromatic carbocycles. The summed E-state index contributed by atoms with van der Waals surface area (Å²) in [5, 5.41) is 0. The van der Waals surface area contributed by atoms with E-state index in [0.29, 0.717) is 0 Å². The molecule has 0 aliphatic heterocycles. The number of benzene rings is 1. The molecule has 0 saturated carbocycles. The van der Waals surface area contributed by atoms with Gasteiger partial charge in [0.25, 0.3) is 0 Å². The van der Waals surface area contributed by atoms with E-state index in [2.05, 4.69) is 15.9 Å². The number of hydrogen-bond acceptors (Lipinski definition) is 2. The summed E-state index contributed by atoms with van der Waals surface area (Å²) in [5.74, 6) is 0.942. The van der Waals surface area contributed by atoms with Crippen LogP contribution in [0.15, 0.2) is 12.1 Å². The summed E-state index contributed by atoms with van der Waals surface area (Å²) in [7, 11) is 1.68. The monoisotopic (exact) mass is 243 g/mol. The van der Waals surface area contributed by atoms with Gasteiger partial charge in [-0.1, -0.05) is 15.9 Å². The third kappa shape index (κ3) is 2.23. The predicted octanol–water partition coefficient (Wildman–Crippen LogP) is 2.66. The van der Waals surface area contributed by atoms with Crippen LogP contribution in [-0.2, 0) is 0 Å². The van der Waals surface area contributed by atoms with E-state index in [9.17, 15) is 0 Å². The van der Waals surface area contributed by atoms with Gasteiger partial charge in [-0.05, 0) is 42.7 Å². The molecule has 72 valence electrons. The average molecular weight is 244 g/mol. The molecule has 1 unspecified atom stereocenters. The van der Waals surface area contributed by atoms with Crippen molar-refractivity contribution in [1.82, 2.24) is 0 Å². The highest BCUT2D eigenvalue weighted by Gasteiger charge is 2.07. The molecule has 1 atom stereocenters. The molecular formula is C10H14BrNO. The second-order valence-electron chi connectivity index (χ2n) is 3.09. The number of nitrogens with two attached hydrogens (primary N) is 1. The highest BCUT2D eigenvalue weighted by molar-refractivity contribution is 9.09. The van der Waals surface area contributed by atoms with Gasteiger partial charge < -0.3 is 10.5 Å². The first-order valence-electron chi connectivity index (χ1n) is 4.11. The Morgan fingerprint density at radius 2 is 1.77 bits per heavy atom. The topological polar surface area (TPSA) is 35.2 Å². The minimum absolute atomic E-state index is 0.101. The van der Waals surface area contributed by atoms with Crippen LogP contribution in [0.4, 0.5) is 0 Å². The van der Waals surface area contributed by atoms with Gasteiger partial charge in [-0.25, -0.2) is 0 Å². The van der Waals surface area contributed by atoms with Gasteiger partial charge in [0.2, 0.25) is 0 Å². The first-order chi connectivity index (χ1) is 6.06. The second-order valence-corrected chi connectivity index (χ2v) is 4.08. The molecule has 0 amide bonds. The number of methoxy groups -OCH3 is 1. The average Bonchev–Trinajstić information content (AvgIpc) is 2.03. The van der Waals surface area contributed by atoms with Crippen molar-refractivity contribution in [2.75, 3.05) is 7.11 Å². The fraction of sp³-hybridized carbons (Fsp3) is 0.400. The summed E-state index contributed by atoms with van der Waals surface area (Å²) in [4.78, 5) is -0.101. The number of alkyl halides is 1. The van der Waals surface area contributed by atoms with E-state index in [1.807, 2.05) is 26.0 Å². The molecule has 2 N–H and O–H groups in total. The molecule has 0 bridgehead atoms. The van der Waals surface area contributed by atoms with Crippen LogP contribution in [0.5, 0.6) is 5.75 Å². The van der Waals surface area contributed by atoms with Crippen LogP contribution in [0.3, 0.4) is 0 Å². The van der Waals surface area contributed by atoms with Crippen LogP contribution < -0.4 is 10.5 Å². The van der Waals surface area contributed by atoms with Crippen molar-refractivity contribution in [3.05, 3.63) is 28.8 Å². The van der Waals surface area contributed by atoms with Crippen molar-refractivity contribution in [2.45, 2.75) is 18.8 Å². The van der Waals surface area contributed by atoms with Gasteiger partial charge in [0.05, 0.1) is 12.1 Å². The molecule has 3 heteroatoms. The quantitative estimate of drug-likeness (QED) is 0.641. The van der Waals surface area contributed by atoms with E-state index < -0.39 is 0 Å². The van der Waals surface area contributed by atoms with E-state index >= 15 is 0 Å². The van der Waals surface area contributed by atoms with Crippen molar-refractivity contribution in [2.24, 2.45) is 5.73 Å². The molecule has 2 nitrogen and oxygen atoms in total. The highest BCUT2D eigenvalue weighted by atomic mass is 79.9. The Bertz CT molecular complexity index is 287. The molecule has 0 saturated heterocycles. The Hall–Kier alpha value is -0.540. The van der Waals surface area contributed by atoms with Gasteiger partial charge in [-0.2, -0.15) is 0 Å². The minimum atomic E-state index is -0.101. The van der Waals surface area contributed by atoms with Crippen LogP contribution in [0.1, 0.15) is 21.6 Å². The SMILES string of the molecule is COc1c(C)cc(C(N)Br)cc1C. The second kappa shape index (κ2) is 4.11. The fourth-order valence-electron chi connectivity index (χ4n) is 1.46. The van der Waals surface area contributed by atoms with Gasteiger partial charge in [0.15, 0.2) is 0 Å². The molecule has 0 fully saturated rings. The van der Waals surface area contributed by atoms with E-state index in [-0.39, 0.29) is 4.95 Å². The number of aryl methyl sites for hydroxylation is 2. The molecule has 0 aliphatic rings. The molecule has 1 rings (SSSR count). The molecule has 0 aromatic heterocycles. The Labute approximate surface area is 87.2 Å². The maximum atomic E-state index is 5.72. The van der Waals surface area contributed by atoms with E-state index in [4.69, 9.17) is 10.5 Å². The van der Waals surface area contributed by atoms with Crippen LogP contribution in [0.25, 0.3) is 0 Å². The van der Waals surface area contributed by atoms with E-state index in [0.717, 1.165) is 22.4 Å². The van der Waals surface area contributed by atoms with Crippen molar-refractivity contribution in [3.63, 3.8) is 0 Å². The Balaban J connectivity index is 3.20. The van der Waals surface area contributed by atoms with Gasteiger partial charge >= 0.3 is 0 Å². The summed E-state index contributed by atoms with van der Waals surface area (Å²) in [6, 6.07) is 4.07. The van der Waals surface area contributed by atoms with Crippen molar-refractivity contribution in [3.8, 4) is 5.75 Å². The number of halogens is 1. The summed E-state index contributed by atoms with van der Waals surface area (Å²) in [6.07, 6.45) is 0. The molecule has 13 heavy (non-hydrogen) atoms. The third-order valence-corrected chi connectivity index (χ3v) is 2.53. The van der Waals surface area contributed by atoms with Crippen molar-refractivity contribution in [1.29, 1.82) is 0 Å². The maximum Gasteiger partial charge on any atom is 0.124 e. The molecule has 0 aliphatic carbocycles. The van der Waals surface area contributed by atoms with Crippen LogP contribution in [-0.4, -0.2) is 7.11 Å². The third-order valence-electron chi connectivity index (χ3n) is 2.01. The molecule has 0 spiro atoms. The Morgan fingerprint density at radius 1 is 1.31 bits per heavy atom. The first kappa shape index (κ1) is 10.5. The van der Waals surface area contributed by atoms with E-state index in [1.165, 1.54) is 0 Å². The smallest absolute Gasteiger partial charge is 0.124 e. The lowest BCUT2D eigenvalue weighted by Crippen LogP contribution is -2.03. The summed E-state index contributed by atoms with van der Waals surface area (Å²) in [5.41, 5.74) is 9.03. The lowest BCUT2D eigenvalue weighted by Gasteiger charge is -2.12. The van der Waals surface area contributed by atoms with Crippen LogP contribution >= 0.6 is 15.9 Å². The molecule has 0 radical (unpaired) electrons. The van der Waals surface area contributed by atoms with Gasteiger partial charge in [0, 0.05) is 0 Å². The lowest BCUT2D eigenvalue weighted by molar-refractivity contribution is 0.408. The lowest BCUT2D eigenvalue weighted by atomic mass is 10.1. The fourth-order valence-corrected chi connectivity index (χ4v) is 1.73. The predicted molar refractivity (Wildman–Crippen MR) is 58.3 cm³/mol. The standard InChI is InChI=1S/C10H14BrNO/c1-6-4-8(10(11)12)5-7(2)9(6)13-3/h4-5,10H,12H2,1-3H3.